The predicted molar refractivity (Wildman–Crippen MR) is 92.2 cm³/mol. The number of halogens is 3. The van der Waals surface area contributed by atoms with Gasteiger partial charge in [0.05, 0.1) is 5.56 Å². The minimum atomic E-state index is -0.584. The Morgan fingerprint density at radius 1 is 1.22 bits per heavy atom. The van der Waals surface area contributed by atoms with E-state index in [1.807, 2.05) is 0 Å². The Morgan fingerprint density at radius 2 is 1.83 bits per heavy atom. The van der Waals surface area contributed by atoms with Gasteiger partial charge in [-0.05, 0) is 62.1 Å². The quantitative estimate of drug-likeness (QED) is 0.468. The van der Waals surface area contributed by atoms with Crippen LogP contribution in [0.2, 0.25) is 0 Å². The lowest BCUT2D eigenvalue weighted by Crippen LogP contribution is -2.13. The maximum atomic E-state index is 14.1. The molecule has 0 heterocycles. The highest BCUT2D eigenvalue weighted by Gasteiger charge is 2.21. The summed E-state index contributed by atoms with van der Waals surface area (Å²) in [6.45, 7) is 7.39. The summed E-state index contributed by atoms with van der Waals surface area (Å²) in [4.78, 5) is 0. The molecular weight excluding hydrogens is 314 g/mol. The topological polar surface area (TPSA) is 0 Å². The van der Waals surface area contributed by atoms with Crippen molar-refractivity contribution in [3.8, 4) is 11.8 Å². The van der Waals surface area contributed by atoms with E-state index in [1.165, 1.54) is 12.1 Å². The fourth-order valence-corrected chi connectivity index (χ4v) is 3.10. The minimum Gasteiger partial charge on any atom is -0.206 e. The van der Waals surface area contributed by atoms with Crippen molar-refractivity contribution >= 4 is 11.6 Å². The Balaban J connectivity index is 2.06. The Hall–Kier alpha value is -1.59. The Bertz CT molecular complexity index is 620. The first-order valence-corrected chi connectivity index (χ1v) is 8.33. The molecule has 1 saturated carbocycles. The average molecular weight is 335 g/mol. The van der Waals surface area contributed by atoms with Crippen LogP contribution < -0.4 is 0 Å². The summed E-state index contributed by atoms with van der Waals surface area (Å²) in [5, 5.41) is 0.698. The lowest BCUT2D eigenvalue weighted by atomic mass is 9.82. The van der Waals surface area contributed by atoms with Crippen LogP contribution in [0.1, 0.15) is 43.2 Å². The van der Waals surface area contributed by atoms with E-state index in [9.17, 15) is 8.78 Å². The molecule has 0 aromatic heterocycles. The molecule has 0 saturated heterocycles. The Labute approximate surface area is 142 Å². The van der Waals surface area contributed by atoms with Crippen LogP contribution in [0, 0.1) is 35.3 Å². The molecule has 0 radical (unpaired) electrons. The highest BCUT2D eigenvalue weighted by Crippen LogP contribution is 2.33. The summed E-state index contributed by atoms with van der Waals surface area (Å²) in [6, 6.07) is 2.73. The summed E-state index contributed by atoms with van der Waals surface area (Å²) in [5.74, 6) is 5.07. The molecule has 0 atom stereocenters. The maximum Gasteiger partial charge on any atom is 0.142 e. The molecule has 1 aromatic carbocycles. The van der Waals surface area contributed by atoms with Gasteiger partial charge in [0.15, 0.2) is 0 Å². The molecule has 0 N–H and O–H groups in total. The maximum absolute atomic E-state index is 14.1. The van der Waals surface area contributed by atoms with Gasteiger partial charge in [-0.1, -0.05) is 36.1 Å². The van der Waals surface area contributed by atoms with Gasteiger partial charge in [-0.2, -0.15) is 0 Å². The Kier molecular flexibility index (Phi) is 6.42. The van der Waals surface area contributed by atoms with Crippen molar-refractivity contribution in [1.82, 2.24) is 0 Å². The van der Waals surface area contributed by atoms with Crippen molar-refractivity contribution in [2.24, 2.45) is 11.8 Å². The molecular formula is C20H21ClF2. The molecule has 1 aliphatic carbocycles. The van der Waals surface area contributed by atoms with Gasteiger partial charge in [0.1, 0.15) is 11.6 Å². The number of rotatable bonds is 4. The van der Waals surface area contributed by atoms with Crippen molar-refractivity contribution in [2.75, 3.05) is 0 Å². The van der Waals surface area contributed by atoms with Gasteiger partial charge in [-0.25, -0.2) is 8.78 Å². The second kappa shape index (κ2) is 8.31. The summed E-state index contributed by atoms with van der Waals surface area (Å²) < 4.78 is 28.1. The average Bonchev–Trinajstić information content (AvgIpc) is 2.52. The first kappa shape index (κ1) is 17.8. The summed E-state index contributed by atoms with van der Waals surface area (Å²) in [7, 11) is 0. The summed E-state index contributed by atoms with van der Waals surface area (Å²) in [6.07, 6.45) is 6.67. The zero-order valence-corrected chi connectivity index (χ0v) is 13.9. The van der Waals surface area contributed by atoms with Crippen molar-refractivity contribution in [1.29, 1.82) is 0 Å². The number of aryl methyl sites for hydroxylation is 1. The van der Waals surface area contributed by atoms with Crippen LogP contribution in [-0.2, 0) is 6.42 Å². The zero-order chi connectivity index (χ0) is 16.8. The van der Waals surface area contributed by atoms with Gasteiger partial charge < -0.3 is 0 Å². The summed E-state index contributed by atoms with van der Waals surface area (Å²) >= 11 is 5.93. The molecule has 2 rings (SSSR count). The van der Waals surface area contributed by atoms with Crippen LogP contribution in [0.25, 0.3) is 0 Å². The fourth-order valence-electron chi connectivity index (χ4n) is 2.88. The molecule has 1 fully saturated rings. The van der Waals surface area contributed by atoms with E-state index >= 15 is 0 Å². The van der Waals surface area contributed by atoms with Gasteiger partial charge in [0.25, 0.3) is 0 Å². The molecule has 0 unspecified atom stereocenters. The van der Waals surface area contributed by atoms with E-state index in [2.05, 4.69) is 25.0 Å². The van der Waals surface area contributed by atoms with E-state index in [1.54, 1.807) is 6.08 Å². The van der Waals surface area contributed by atoms with Gasteiger partial charge in [0.2, 0.25) is 0 Å². The van der Waals surface area contributed by atoms with Crippen LogP contribution in [0.15, 0.2) is 36.4 Å². The fraction of sp³-hybridized carbons (Fsp3) is 0.400. The monoisotopic (exact) mass is 334 g/mol. The lowest BCUT2D eigenvalue weighted by Gasteiger charge is -2.24. The van der Waals surface area contributed by atoms with E-state index in [4.69, 9.17) is 11.6 Å². The molecule has 122 valence electrons. The largest absolute Gasteiger partial charge is 0.206 e. The summed E-state index contributed by atoms with van der Waals surface area (Å²) in [5.41, 5.74) is 0.503. The zero-order valence-electron chi connectivity index (χ0n) is 13.2. The van der Waals surface area contributed by atoms with Crippen LogP contribution in [-0.4, -0.2) is 0 Å². The third-order valence-electron chi connectivity index (χ3n) is 4.31. The second-order valence-corrected chi connectivity index (χ2v) is 6.51. The number of benzene rings is 1. The lowest BCUT2D eigenvalue weighted by molar-refractivity contribution is 0.361. The van der Waals surface area contributed by atoms with Crippen molar-refractivity contribution in [3.63, 3.8) is 0 Å². The van der Waals surface area contributed by atoms with Gasteiger partial charge in [-0.15, -0.1) is 6.58 Å². The molecule has 0 amide bonds. The van der Waals surface area contributed by atoms with Crippen LogP contribution in [0.5, 0.6) is 0 Å². The van der Waals surface area contributed by atoms with Gasteiger partial charge in [0, 0.05) is 11.0 Å². The van der Waals surface area contributed by atoms with E-state index < -0.39 is 11.6 Å². The van der Waals surface area contributed by atoms with E-state index in [-0.39, 0.29) is 11.5 Å². The van der Waals surface area contributed by atoms with Crippen LogP contribution >= 0.6 is 11.6 Å². The van der Waals surface area contributed by atoms with E-state index in [0.29, 0.717) is 29.4 Å². The third-order valence-corrected chi connectivity index (χ3v) is 4.62. The smallest absolute Gasteiger partial charge is 0.142 e. The SMILES string of the molecule is C=CCCc1cc(F)c(C#CC2CCC(C(=C)Cl)CC2)c(F)c1. The molecule has 0 nitrogen and oxygen atoms in total. The van der Waals surface area contributed by atoms with Crippen LogP contribution in [0.3, 0.4) is 0 Å². The number of hydrogen-bond donors (Lipinski definition) is 0. The first-order valence-electron chi connectivity index (χ1n) is 7.96. The van der Waals surface area contributed by atoms with Crippen LogP contribution in [0.4, 0.5) is 8.78 Å². The molecule has 0 aliphatic heterocycles. The Morgan fingerprint density at radius 3 is 2.35 bits per heavy atom. The minimum absolute atomic E-state index is 0.128. The second-order valence-electron chi connectivity index (χ2n) is 6.03. The molecule has 1 aliphatic rings. The molecule has 1 aromatic rings. The molecule has 0 spiro atoms. The predicted octanol–water partition coefficient (Wildman–Crippen LogP) is 5.99. The molecule has 3 heteroatoms. The third kappa shape index (κ3) is 4.94. The van der Waals surface area contributed by atoms with Crippen molar-refractivity contribution in [2.45, 2.75) is 38.5 Å². The van der Waals surface area contributed by atoms with Crippen molar-refractivity contribution < 1.29 is 8.78 Å². The van der Waals surface area contributed by atoms with Crippen molar-refractivity contribution in [3.05, 3.63) is 59.2 Å². The normalized spacial score (nSPS) is 20.5. The van der Waals surface area contributed by atoms with Gasteiger partial charge in [-0.3, -0.25) is 0 Å². The highest BCUT2D eigenvalue weighted by molar-refractivity contribution is 6.29. The van der Waals surface area contributed by atoms with E-state index in [0.717, 1.165) is 25.7 Å². The number of allylic oxidation sites excluding steroid dienone is 2. The van der Waals surface area contributed by atoms with Gasteiger partial charge >= 0.3 is 0 Å². The highest BCUT2D eigenvalue weighted by atomic mass is 35.5. The number of hydrogen-bond acceptors (Lipinski definition) is 0. The molecule has 0 bridgehead atoms. The first-order chi connectivity index (χ1) is 11.0. The molecule has 23 heavy (non-hydrogen) atoms. The standard InChI is InChI=1S/C20H21ClF2/c1-3-4-5-16-12-19(22)18(20(23)13-16)11-8-15-6-9-17(10-7-15)14(2)21/h3,12-13,15,17H,1-2,4-7,9-10H2.